The molecule has 1 rings (SSSR count). The highest BCUT2D eigenvalue weighted by atomic mass is 79.9. The highest BCUT2D eigenvalue weighted by Gasteiger charge is 2.12. The molecular formula is C13H14BrNO2. The van der Waals surface area contributed by atoms with Crippen molar-refractivity contribution in [3.8, 4) is 6.07 Å². The lowest BCUT2D eigenvalue weighted by molar-refractivity contribution is -0.142. The smallest absolute Gasteiger partial charge is 0.310 e. The second kappa shape index (κ2) is 6.41. The van der Waals surface area contributed by atoms with Crippen LogP contribution in [0.15, 0.2) is 12.1 Å². The molecule has 0 spiro atoms. The summed E-state index contributed by atoms with van der Waals surface area (Å²) in [5, 5.41) is 9.51. The second-order valence-corrected chi connectivity index (χ2v) is 4.22. The van der Waals surface area contributed by atoms with Crippen LogP contribution in [0.25, 0.3) is 0 Å². The number of alkyl halides is 1. The maximum atomic E-state index is 11.5. The van der Waals surface area contributed by atoms with E-state index in [9.17, 15) is 4.79 Å². The molecule has 0 aliphatic carbocycles. The van der Waals surface area contributed by atoms with Gasteiger partial charge in [0.05, 0.1) is 24.7 Å². The van der Waals surface area contributed by atoms with Crippen LogP contribution >= 0.6 is 15.9 Å². The Labute approximate surface area is 110 Å². The van der Waals surface area contributed by atoms with E-state index in [1.807, 2.05) is 6.92 Å². The third-order valence-electron chi connectivity index (χ3n) is 2.46. The molecule has 0 aliphatic rings. The Bertz CT molecular complexity index is 463. The fraction of sp³-hybridized carbons (Fsp3) is 0.385. The minimum atomic E-state index is -0.234. The highest BCUT2D eigenvalue weighted by Crippen LogP contribution is 2.20. The summed E-state index contributed by atoms with van der Waals surface area (Å²) in [5.74, 6) is -0.234. The quantitative estimate of drug-likeness (QED) is 0.634. The van der Waals surface area contributed by atoms with Crippen molar-refractivity contribution in [1.29, 1.82) is 5.26 Å². The van der Waals surface area contributed by atoms with Crippen molar-refractivity contribution in [1.82, 2.24) is 0 Å². The van der Waals surface area contributed by atoms with Crippen LogP contribution in [-0.4, -0.2) is 12.6 Å². The molecule has 0 saturated heterocycles. The molecule has 0 amide bonds. The van der Waals surface area contributed by atoms with Gasteiger partial charge in [0.1, 0.15) is 0 Å². The zero-order chi connectivity index (χ0) is 12.8. The van der Waals surface area contributed by atoms with E-state index in [2.05, 4.69) is 22.0 Å². The van der Waals surface area contributed by atoms with Crippen molar-refractivity contribution in [3.05, 3.63) is 34.4 Å². The Morgan fingerprint density at radius 3 is 2.76 bits per heavy atom. The summed E-state index contributed by atoms with van der Waals surface area (Å²) in [6, 6.07) is 5.71. The Hall–Kier alpha value is -1.34. The van der Waals surface area contributed by atoms with Gasteiger partial charge >= 0.3 is 5.97 Å². The number of nitriles is 1. The number of halogens is 1. The summed E-state index contributed by atoms with van der Waals surface area (Å²) < 4.78 is 4.94. The molecule has 0 aromatic heterocycles. The summed E-state index contributed by atoms with van der Waals surface area (Å²) in [4.78, 5) is 11.5. The second-order valence-electron chi connectivity index (χ2n) is 3.66. The van der Waals surface area contributed by atoms with E-state index in [0.29, 0.717) is 17.5 Å². The lowest BCUT2D eigenvalue weighted by atomic mass is 9.97. The minimum absolute atomic E-state index is 0.234. The van der Waals surface area contributed by atoms with Crippen LogP contribution in [0.2, 0.25) is 0 Å². The van der Waals surface area contributed by atoms with Crippen molar-refractivity contribution in [2.24, 2.45) is 0 Å². The Balaban J connectivity index is 3.06. The third-order valence-corrected chi connectivity index (χ3v) is 3.07. The number of nitrogens with zero attached hydrogens (tertiary/aromatic N) is 1. The summed E-state index contributed by atoms with van der Waals surface area (Å²) in [7, 11) is 0. The van der Waals surface area contributed by atoms with Gasteiger partial charge in [-0.25, -0.2) is 0 Å². The zero-order valence-corrected chi connectivity index (χ0v) is 11.5. The van der Waals surface area contributed by atoms with Gasteiger partial charge in [0.2, 0.25) is 0 Å². The van der Waals surface area contributed by atoms with Crippen LogP contribution in [0.1, 0.15) is 29.2 Å². The Morgan fingerprint density at radius 2 is 2.24 bits per heavy atom. The predicted molar refractivity (Wildman–Crippen MR) is 68.9 cm³/mol. The van der Waals surface area contributed by atoms with Gasteiger partial charge < -0.3 is 4.74 Å². The Morgan fingerprint density at radius 1 is 1.53 bits per heavy atom. The van der Waals surface area contributed by atoms with Crippen molar-refractivity contribution < 1.29 is 9.53 Å². The predicted octanol–water partition coefficient (Wildman–Crippen LogP) is 2.87. The van der Waals surface area contributed by atoms with Gasteiger partial charge in [0, 0.05) is 5.33 Å². The van der Waals surface area contributed by atoms with E-state index in [1.165, 1.54) is 0 Å². The molecular weight excluding hydrogens is 282 g/mol. The monoisotopic (exact) mass is 295 g/mol. The molecule has 0 saturated carbocycles. The number of esters is 1. The van der Waals surface area contributed by atoms with Crippen LogP contribution in [0.5, 0.6) is 0 Å². The van der Waals surface area contributed by atoms with E-state index in [0.717, 1.165) is 16.7 Å². The lowest BCUT2D eigenvalue weighted by Gasteiger charge is -2.11. The molecule has 3 nitrogen and oxygen atoms in total. The number of carbonyl (C=O) groups excluding carboxylic acids is 1. The molecule has 1 aromatic carbocycles. The van der Waals surface area contributed by atoms with Crippen molar-refractivity contribution >= 4 is 21.9 Å². The molecule has 0 radical (unpaired) electrons. The molecule has 0 N–H and O–H groups in total. The molecule has 0 heterocycles. The fourth-order valence-corrected chi connectivity index (χ4v) is 2.18. The highest BCUT2D eigenvalue weighted by molar-refractivity contribution is 9.08. The van der Waals surface area contributed by atoms with Crippen molar-refractivity contribution in [3.63, 3.8) is 0 Å². The minimum Gasteiger partial charge on any atom is -0.466 e. The van der Waals surface area contributed by atoms with Gasteiger partial charge in [-0.05, 0) is 42.7 Å². The van der Waals surface area contributed by atoms with E-state index in [4.69, 9.17) is 10.00 Å². The van der Waals surface area contributed by atoms with Crippen LogP contribution in [0.3, 0.4) is 0 Å². The van der Waals surface area contributed by atoms with Gasteiger partial charge in [-0.15, -0.1) is 0 Å². The number of hydrogen-bond donors (Lipinski definition) is 0. The topological polar surface area (TPSA) is 50.1 Å². The number of rotatable bonds is 4. The maximum Gasteiger partial charge on any atom is 0.310 e. The first-order valence-corrected chi connectivity index (χ1v) is 6.48. The van der Waals surface area contributed by atoms with Crippen LogP contribution in [0.4, 0.5) is 0 Å². The number of hydrogen-bond acceptors (Lipinski definition) is 3. The first-order valence-electron chi connectivity index (χ1n) is 5.36. The first-order chi connectivity index (χ1) is 8.12. The number of carbonyl (C=O) groups is 1. The molecule has 4 heteroatoms. The molecule has 17 heavy (non-hydrogen) atoms. The van der Waals surface area contributed by atoms with E-state index in [-0.39, 0.29) is 12.4 Å². The largest absolute Gasteiger partial charge is 0.466 e. The van der Waals surface area contributed by atoms with Crippen LogP contribution < -0.4 is 0 Å². The Kier molecular flexibility index (Phi) is 5.17. The maximum absolute atomic E-state index is 11.5. The third kappa shape index (κ3) is 3.57. The number of benzene rings is 1. The lowest BCUT2D eigenvalue weighted by Crippen LogP contribution is -2.10. The average molecular weight is 296 g/mol. The molecule has 0 bridgehead atoms. The summed E-state index contributed by atoms with van der Waals surface area (Å²) in [5.41, 5.74) is 3.48. The van der Waals surface area contributed by atoms with Gasteiger partial charge in [0.25, 0.3) is 0 Å². The van der Waals surface area contributed by atoms with Gasteiger partial charge in [-0.1, -0.05) is 15.9 Å². The zero-order valence-electron chi connectivity index (χ0n) is 9.92. The summed E-state index contributed by atoms with van der Waals surface area (Å²) >= 11 is 3.37. The standard InChI is InChI=1S/C13H14BrNO2/c1-3-17-13(16)6-12-9(2)4-10(8-15)5-11(12)7-14/h4-5H,3,6-7H2,1-2H3. The van der Waals surface area contributed by atoms with Gasteiger partial charge in [0.15, 0.2) is 0 Å². The van der Waals surface area contributed by atoms with Crippen LogP contribution in [0, 0.1) is 18.3 Å². The van der Waals surface area contributed by atoms with E-state index < -0.39 is 0 Å². The SMILES string of the molecule is CCOC(=O)Cc1c(C)cc(C#N)cc1CBr. The van der Waals surface area contributed by atoms with Crippen LogP contribution in [-0.2, 0) is 21.3 Å². The number of ether oxygens (including phenoxy) is 1. The molecule has 0 aliphatic heterocycles. The van der Waals surface area contributed by atoms with E-state index >= 15 is 0 Å². The average Bonchev–Trinajstić information content (AvgIpc) is 2.31. The molecule has 1 aromatic rings. The van der Waals surface area contributed by atoms with Crippen molar-refractivity contribution in [2.45, 2.75) is 25.6 Å². The van der Waals surface area contributed by atoms with Crippen molar-refractivity contribution in [2.75, 3.05) is 6.61 Å². The molecule has 0 atom stereocenters. The van der Waals surface area contributed by atoms with E-state index in [1.54, 1.807) is 19.1 Å². The summed E-state index contributed by atoms with van der Waals surface area (Å²) in [6.07, 6.45) is 0.256. The van der Waals surface area contributed by atoms with Gasteiger partial charge in [-0.2, -0.15) is 5.26 Å². The fourth-order valence-electron chi connectivity index (χ4n) is 1.68. The van der Waals surface area contributed by atoms with Gasteiger partial charge in [-0.3, -0.25) is 4.79 Å². The normalized spacial score (nSPS) is 9.76. The first kappa shape index (κ1) is 13.7. The number of aryl methyl sites for hydroxylation is 1. The molecule has 0 unspecified atom stereocenters. The molecule has 0 fully saturated rings. The molecule has 90 valence electrons. The summed E-state index contributed by atoms with van der Waals surface area (Å²) in [6.45, 7) is 4.08.